The molecule has 0 aromatic heterocycles. The Morgan fingerprint density at radius 3 is 2.33 bits per heavy atom. The molecule has 0 unspecified atom stereocenters. The van der Waals surface area contributed by atoms with Crippen molar-refractivity contribution in [2.45, 2.75) is 45.6 Å². The highest BCUT2D eigenvalue weighted by Crippen LogP contribution is 2.23. The molecule has 8 heteroatoms. The van der Waals surface area contributed by atoms with Crippen LogP contribution in [0.5, 0.6) is 0 Å². The molecule has 0 aliphatic carbocycles. The van der Waals surface area contributed by atoms with Gasteiger partial charge in [0.2, 0.25) is 10.0 Å². The summed E-state index contributed by atoms with van der Waals surface area (Å²) in [5.74, 6) is -0.988. The molecule has 0 bridgehead atoms. The summed E-state index contributed by atoms with van der Waals surface area (Å²) in [6, 6.07) is 3.78. The summed E-state index contributed by atoms with van der Waals surface area (Å²) in [4.78, 5) is 24.0. The van der Waals surface area contributed by atoms with Gasteiger partial charge in [-0.3, -0.25) is 4.79 Å². The molecule has 0 saturated carbocycles. The van der Waals surface area contributed by atoms with Crippen LogP contribution in [0.15, 0.2) is 27.6 Å². The number of hydrogen-bond acceptors (Lipinski definition) is 5. The third kappa shape index (κ3) is 5.68. The van der Waals surface area contributed by atoms with Crippen molar-refractivity contribution in [2.24, 2.45) is 5.41 Å². The average molecular weight is 420 g/mol. The molecule has 0 saturated heterocycles. The molecule has 1 aromatic rings. The molecule has 0 spiro atoms. The van der Waals surface area contributed by atoms with Crippen LogP contribution in [0, 0.1) is 5.41 Å². The Balaban J connectivity index is 3.02. The van der Waals surface area contributed by atoms with Gasteiger partial charge in [-0.05, 0) is 48.0 Å². The van der Waals surface area contributed by atoms with Gasteiger partial charge in [0.15, 0.2) is 12.4 Å². The highest BCUT2D eigenvalue weighted by Gasteiger charge is 2.24. The summed E-state index contributed by atoms with van der Waals surface area (Å²) >= 11 is 3.19. The zero-order valence-corrected chi connectivity index (χ0v) is 16.7. The molecular formula is C16H22BrNO5S. The fourth-order valence-corrected chi connectivity index (χ4v) is 3.32. The third-order valence-corrected chi connectivity index (χ3v) is 5.38. The maximum Gasteiger partial charge on any atom is 0.339 e. The number of rotatable bonds is 6. The molecule has 134 valence electrons. The van der Waals surface area contributed by atoms with E-state index in [1.165, 1.54) is 18.2 Å². The normalized spacial score (nSPS) is 12.3. The predicted molar refractivity (Wildman–Crippen MR) is 94.3 cm³/mol. The van der Waals surface area contributed by atoms with Crippen LogP contribution in [0.3, 0.4) is 0 Å². The number of halogens is 1. The van der Waals surface area contributed by atoms with Crippen LogP contribution in [-0.2, 0) is 19.6 Å². The molecule has 0 radical (unpaired) electrons. The average Bonchev–Trinajstić information content (AvgIpc) is 2.42. The summed E-state index contributed by atoms with van der Waals surface area (Å²) in [7, 11) is -3.73. The van der Waals surface area contributed by atoms with Gasteiger partial charge in [0, 0.05) is 15.9 Å². The molecule has 0 heterocycles. The number of carbonyl (C=O) groups is 2. The van der Waals surface area contributed by atoms with Crippen LogP contribution < -0.4 is 4.72 Å². The van der Waals surface area contributed by atoms with Crippen molar-refractivity contribution < 1.29 is 22.7 Å². The minimum absolute atomic E-state index is 0.0448. The lowest BCUT2D eigenvalue weighted by molar-refractivity contribution is -0.129. The van der Waals surface area contributed by atoms with E-state index in [0.29, 0.717) is 4.47 Å². The fraction of sp³-hybridized carbons (Fsp3) is 0.500. The molecule has 0 aliphatic heterocycles. The zero-order valence-electron chi connectivity index (χ0n) is 14.3. The van der Waals surface area contributed by atoms with Crippen molar-refractivity contribution in [3.8, 4) is 0 Å². The Bertz CT molecular complexity index is 735. The van der Waals surface area contributed by atoms with Gasteiger partial charge >= 0.3 is 5.97 Å². The van der Waals surface area contributed by atoms with Crippen molar-refractivity contribution >= 4 is 37.7 Å². The molecule has 1 N–H and O–H groups in total. The Hall–Kier alpha value is -1.25. The van der Waals surface area contributed by atoms with Crippen molar-refractivity contribution in [3.63, 3.8) is 0 Å². The number of carbonyl (C=O) groups excluding carboxylic acids is 2. The van der Waals surface area contributed by atoms with E-state index < -0.39 is 21.4 Å². The summed E-state index contributed by atoms with van der Waals surface area (Å²) in [6.45, 7) is 8.21. The first-order valence-corrected chi connectivity index (χ1v) is 9.64. The standard InChI is InChI=1S/C16H22BrNO5S/c1-10(2)18-24(21,22)11-6-7-13(17)12(8-11)15(20)23-9-14(19)16(3,4)5/h6-8,10,18H,9H2,1-5H3. The third-order valence-electron chi connectivity index (χ3n) is 3.03. The Morgan fingerprint density at radius 1 is 1.25 bits per heavy atom. The monoisotopic (exact) mass is 419 g/mol. The molecule has 0 fully saturated rings. The first-order valence-electron chi connectivity index (χ1n) is 7.37. The number of Topliss-reactive ketones (excluding diaryl/α,β-unsaturated/α-hetero) is 1. The lowest BCUT2D eigenvalue weighted by Gasteiger charge is -2.16. The van der Waals surface area contributed by atoms with Crippen molar-refractivity contribution in [1.82, 2.24) is 4.72 Å². The van der Waals surface area contributed by atoms with Crippen LogP contribution in [0.1, 0.15) is 45.0 Å². The second-order valence-electron chi connectivity index (χ2n) is 6.67. The van der Waals surface area contributed by atoms with Gasteiger partial charge in [-0.2, -0.15) is 0 Å². The highest BCUT2D eigenvalue weighted by atomic mass is 79.9. The van der Waals surface area contributed by atoms with Crippen LogP contribution in [0.2, 0.25) is 0 Å². The smallest absolute Gasteiger partial charge is 0.339 e. The number of ketones is 1. The molecule has 6 nitrogen and oxygen atoms in total. The fourth-order valence-electron chi connectivity index (χ4n) is 1.63. The van der Waals surface area contributed by atoms with E-state index in [1.54, 1.807) is 34.6 Å². The second-order valence-corrected chi connectivity index (χ2v) is 9.24. The van der Waals surface area contributed by atoms with Gasteiger partial charge in [-0.25, -0.2) is 17.9 Å². The highest BCUT2D eigenvalue weighted by molar-refractivity contribution is 9.10. The van der Waals surface area contributed by atoms with E-state index in [0.717, 1.165) is 0 Å². The Labute approximate surface area is 151 Å². The Morgan fingerprint density at radius 2 is 1.83 bits per heavy atom. The first kappa shape index (κ1) is 20.8. The summed E-state index contributed by atoms with van der Waals surface area (Å²) in [6.07, 6.45) is 0. The lowest BCUT2D eigenvalue weighted by Crippen LogP contribution is -2.30. The molecule has 0 aliphatic rings. The quantitative estimate of drug-likeness (QED) is 0.715. The van der Waals surface area contributed by atoms with Gasteiger partial charge in [-0.15, -0.1) is 0 Å². The molecule has 1 aromatic carbocycles. The molecule has 1 rings (SSSR count). The van der Waals surface area contributed by atoms with Gasteiger partial charge < -0.3 is 4.74 Å². The lowest BCUT2D eigenvalue weighted by atomic mass is 9.91. The second kappa shape index (κ2) is 7.76. The van der Waals surface area contributed by atoms with Gasteiger partial charge in [0.25, 0.3) is 0 Å². The van der Waals surface area contributed by atoms with E-state index in [4.69, 9.17) is 4.74 Å². The summed E-state index contributed by atoms with van der Waals surface area (Å²) < 4.78 is 32.2. The van der Waals surface area contributed by atoms with Crippen molar-refractivity contribution in [3.05, 3.63) is 28.2 Å². The van der Waals surface area contributed by atoms with Crippen LogP contribution in [0.25, 0.3) is 0 Å². The van der Waals surface area contributed by atoms with Gasteiger partial charge in [0.1, 0.15) is 0 Å². The minimum atomic E-state index is -3.73. The van der Waals surface area contributed by atoms with Gasteiger partial charge in [0.05, 0.1) is 10.5 Å². The van der Waals surface area contributed by atoms with Crippen molar-refractivity contribution in [1.29, 1.82) is 0 Å². The van der Waals surface area contributed by atoms with E-state index in [9.17, 15) is 18.0 Å². The zero-order chi connectivity index (χ0) is 18.7. The number of esters is 1. The number of benzene rings is 1. The van der Waals surface area contributed by atoms with Gasteiger partial charge in [-0.1, -0.05) is 20.8 Å². The summed E-state index contributed by atoms with van der Waals surface area (Å²) in [5.41, 5.74) is -0.576. The maximum absolute atomic E-state index is 12.2. The number of hydrogen-bond donors (Lipinski definition) is 1. The van der Waals surface area contributed by atoms with Crippen LogP contribution in [0.4, 0.5) is 0 Å². The topological polar surface area (TPSA) is 89.5 Å². The number of nitrogens with one attached hydrogen (secondary N) is 1. The molecule has 0 atom stereocenters. The largest absolute Gasteiger partial charge is 0.454 e. The van der Waals surface area contributed by atoms with E-state index in [-0.39, 0.29) is 28.9 Å². The van der Waals surface area contributed by atoms with Crippen molar-refractivity contribution in [2.75, 3.05) is 6.61 Å². The maximum atomic E-state index is 12.2. The molecular weight excluding hydrogens is 398 g/mol. The molecule has 0 amide bonds. The minimum Gasteiger partial charge on any atom is -0.454 e. The van der Waals surface area contributed by atoms with Crippen LogP contribution >= 0.6 is 15.9 Å². The van der Waals surface area contributed by atoms with E-state index in [1.807, 2.05) is 0 Å². The first-order chi connectivity index (χ1) is 10.8. The Kier molecular flexibility index (Phi) is 6.72. The predicted octanol–water partition coefficient (Wildman–Crippen LogP) is 2.91. The van der Waals surface area contributed by atoms with Crippen LogP contribution in [-0.4, -0.2) is 32.8 Å². The van der Waals surface area contributed by atoms with E-state index >= 15 is 0 Å². The molecule has 24 heavy (non-hydrogen) atoms. The SMILES string of the molecule is CC(C)NS(=O)(=O)c1ccc(Br)c(C(=O)OCC(=O)C(C)(C)C)c1. The van der Waals surface area contributed by atoms with E-state index in [2.05, 4.69) is 20.7 Å². The summed E-state index contributed by atoms with van der Waals surface area (Å²) in [5, 5.41) is 0. The number of ether oxygens (including phenoxy) is 1. The number of sulfonamides is 1.